The molecule has 2 rings (SSSR count). The van der Waals surface area contributed by atoms with Crippen LogP contribution in [0.4, 0.5) is 13.2 Å². The maximum absolute atomic E-state index is 12.6. The molecule has 0 saturated heterocycles. The van der Waals surface area contributed by atoms with Crippen LogP contribution in [0.15, 0.2) is 28.7 Å². The molecule has 20 heavy (non-hydrogen) atoms. The summed E-state index contributed by atoms with van der Waals surface area (Å²) in [5, 5.41) is -0.336. The molecule has 0 aliphatic heterocycles. The molecule has 0 aliphatic rings. The molecule has 0 aliphatic carbocycles. The molecule has 106 valence electrons. The standard InChI is InChI=1S/C12H7BrClF3N2O/c1-6-4-7(13)2-3-8(6)20-10-5-9(14)18-11(19-10)12(15,16)17/h2-5H,1H3. The Balaban J connectivity index is 2.36. The van der Waals surface area contributed by atoms with Crippen LogP contribution in [0.2, 0.25) is 5.15 Å². The largest absolute Gasteiger partial charge is 0.451 e. The molecule has 3 nitrogen and oxygen atoms in total. The van der Waals surface area contributed by atoms with Crippen molar-refractivity contribution >= 4 is 27.5 Å². The second-order valence-corrected chi connectivity index (χ2v) is 5.17. The average molecular weight is 368 g/mol. The molecule has 0 atom stereocenters. The molecule has 0 radical (unpaired) electrons. The van der Waals surface area contributed by atoms with Crippen LogP contribution in [0.25, 0.3) is 0 Å². The Morgan fingerprint density at radius 1 is 1.20 bits per heavy atom. The van der Waals surface area contributed by atoms with E-state index < -0.39 is 12.0 Å². The fraction of sp³-hybridized carbons (Fsp3) is 0.167. The molecular formula is C12H7BrClF3N2O. The monoisotopic (exact) mass is 366 g/mol. The fourth-order valence-electron chi connectivity index (χ4n) is 1.42. The van der Waals surface area contributed by atoms with Gasteiger partial charge in [-0.3, -0.25) is 0 Å². The number of rotatable bonds is 2. The normalized spacial score (nSPS) is 11.5. The highest BCUT2D eigenvalue weighted by Gasteiger charge is 2.35. The summed E-state index contributed by atoms with van der Waals surface area (Å²) in [6, 6.07) is 6.21. The first kappa shape index (κ1) is 15.1. The summed E-state index contributed by atoms with van der Waals surface area (Å²) in [6.45, 7) is 1.76. The van der Waals surface area contributed by atoms with Crippen LogP contribution in [0.3, 0.4) is 0 Å². The molecule has 1 aromatic heterocycles. The van der Waals surface area contributed by atoms with E-state index in [1.807, 2.05) is 0 Å². The smallest absolute Gasteiger partial charge is 0.439 e. The molecule has 1 aromatic carbocycles. The van der Waals surface area contributed by atoms with E-state index in [0.29, 0.717) is 5.75 Å². The van der Waals surface area contributed by atoms with E-state index in [1.54, 1.807) is 25.1 Å². The van der Waals surface area contributed by atoms with E-state index in [2.05, 4.69) is 25.9 Å². The molecule has 0 saturated carbocycles. The summed E-state index contributed by atoms with van der Waals surface area (Å²) in [5.41, 5.74) is 0.739. The van der Waals surface area contributed by atoms with Crippen LogP contribution in [0.5, 0.6) is 11.6 Å². The predicted octanol–water partition coefficient (Wildman–Crippen LogP) is 5.01. The van der Waals surface area contributed by atoms with E-state index in [0.717, 1.165) is 16.1 Å². The lowest BCUT2D eigenvalue weighted by Crippen LogP contribution is -2.11. The SMILES string of the molecule is Cc1cc(Br)ccc1Oc1cc(Cl)nc(C(F)(F)F)n1. The second-order valence-electron chi connectivity index (χ2n) is 3.86. The molecule has 0 bridgehead atoms. The van der Waals surface area contributed by atoms with Crippen molar-refractivity contribution in [2.75, 3.05) is 0 Å². The van der Waals surface area contributed by atoms with Gasteiger partial charge in [0.1, 0.15) is 10.9 Å². The van der Waals surface area contributed by atoms with Crippen molar-refractivity contribution in [2.24, 2.45) is 0 Å². The Morgan fingerprint density at radius 3 is 2.50 bits per heavy atom. The topological polar surface area (TPSA) is 35.0 Å². The van der Waals surface area contributed by atoms with Gasteiger partial charge in [-0.05, 0) is 30.7 Å². The van der Waals surface area contributed by atoms with E-state index in [-0.39, 0.29) is 11.0 Å². The van der Waals surface area contributed by atoms with Crippen molar-refractivity contribution in [3.05, 3.63) is 45.3 Å². The van der Waals surface area contributed by atoms with Crippen LogP contribution >= 0.6 is 27.5 Å². The second kappa shape index (κ2) is 5.57. The first-order chi connectivity index (χ1) is 9.25. The van der Waals surface area contributed by atoms with E-state index >= 15 is 0 Å². The molecule has 0 spiro atoms. The van der Waals surface area contributed by atoms with Crippen LogP contribution in [-0.2, 0) is 6.18 Å². The van der Waals surface area contributed by atoms with Gasteiger partial charge in [-0.2, -0.15) is 18.2 Å². The Hall–Kier alpha value is -1.34. The Labute approximate surface area is 125 Å². The van der Waals surface area contributed by atoms with Crippen molar-refractivity contribution in [1.82, 2.24) is 9.97 Å². The first-order valence-electron chi connectivity index (χ1n) is 5.31. The van der Waals surface area contributed by atoms with Gasteiger partial charge in [0.2, 0.25) is 11.7 Å². The molecule has 2 aromatic rings. The van der Waals surface area contributed by atoms with Gasteiger partial charge in [-0.15, -0.1) is 0 Å². The quantitative estimate of drug-likeness (QED) is 0.700. The highest BCUT2D eigenvalue weighted by molar-refractivity contribution is 9.10. The minimum absolute atomic E-state index is 0.261. The van der Waals surface area contributed by atoms with Gasteiger partial charge in [0.25, 0.3) is 0 Å². The maximum atomic E-state index is 12.6. The maximum Gasteiger partial charge on any atom is 0.451 e. The van der Waals surface area contributed by atoms with Crippen molar-refractivity contribution < 1.29 is 17.9 Å². The molecule has 0 amide bonds. The van der Waals surface area contributed by atoms with Crippen LogP contribution in [-0.4, -0.2) is 9.97 Å². The van der Waals surface area contributed by atoms with Crippen molar-refractivity contribution in [3.8, 4) is 11.6 Å². The third kappa shape index (κ3) is 3.61. The zero-order chi connectivity index (χ0) is 14.9. The van der Waals surface area contributed by atoms with Gasteiger partial charge in [0, 0.05) is 10.5 Å². The van der Waals surface area contributed by atoms with Crippen LogP contribution in [0, 0.1) is 6.92 Å². The molecule has 0 N–H and O–H groups in total. The zero-order valence-corrected chi connectivity index (χ0v) is 12.3. The van der Waals surface area contributed by atoms with Gasteiger partial charge in [0.05, 0.1) is 0 Å². The molecule has 8 heteroatoms. The lowest BCUT2D eigenvalue weighted by molar-refractivity contribution is -0.145. The lowest BCUT2D eigenvalue weighted by atomic mass is 10.2. The number of alkyl halides is 3. The van der Waals surface area contributed by atoms with E-state index in [4.69, 9.17) is 16.3 Å². The molecule has 0 fully saturated rings. The van der Waals surface area contributed by atoms with Gasteiger partial charge >= 0.3 is 6.18 Å². The summed E-state index contributed by atoms with van der Waals surface area (Å²) in [5.74, 6) is -1.21. The summed E-state index contributed by atoms with van der Waals surface area (Å²) in [4.78, 5) is 6.43. The van der Waals surface area contributed by atoms with E-state index in [1.165, 1.54) is 0 Å². The third-order valence-corrected chi connectivity index (χ3v) is 2.96. The van der Waals surface area contributed by atoms with Crippen molar-refractivity contribution in [1.29, 1.82) is 0 Å². The summed E-state index contributed by atoms with van der Waals surface area (Å²) < 4.78 is 43.9. The fourth-order valence-corrected chi connectivity index (χ4v) is 2.06. The molecular weight excluding hydrogens is 360 g/mol. The summed E-state index contributed by atoms with van der Waals surface area (Å²) in [7, 11) is 0. The predicted molar refractivity (Wildman–Crippen MR) is 71.0 cm³/mol. The lowest BCUT2D eigenvalue weighted by Gasteiger charge is -2.10. The van der Waals surface area contributed by atoms with Gasteiger partial charge in [0.15, 0.2) is 0 Å². The highest BCUT2D eigenvalue weighted by atomic mass is 79.9. The van der Waals surface area contributed by atoms with Crippen LogP contribution < -0.4 is 4.74 Å². The highest BCUT2D eigenvalue weighted by Crippen LogP contribution is 2.31. The molecule has 1 heterocycles. The number of nitrogens with zero attached hydrogens (tertiary/aromatic N) is 2. The third-order valence-electron chi connectivity index (χ3n) is 2.28. The van der Waals surface area contributed by atoms with Crippen LogP contribution in [0.1, 0.15) is 11.4 Å². The Bertz CT molecular complexity index is 649. The van der Waals surface area contributed by atoms with Crippen molar-refractivity contribution in [2.45, 2.75) is 13.1 Å². The Morgan fingerprint density at radius 2 is 1.90 bits per heavy atom. The van der Waals surface area contributed by atoms with Gasteiger partial charge in [-0.1, -0.05) is 27.5 Å². The number of ether oxygens (including phenoxy) is 1. The number of hydrogen-bond donors (Lipinski definition) is 0. The number of halogens is 5. The minimum Gasteiger partial charge on any atom is -0.439 e. The summed E-state index contributed by atoms with van der Waals surface area (Å²) in [6.07, 6.45) is -4.68. The Kier molecular flexibility index (Phi) is 4.19. The zero-order valence-electron chi connectivity index (χ0n) is 10.0. The number of aryl methyl sites for hydroxylation is 1. The first-order valence-corrected chi connectivity index (χ1v) is 6.48. The molecule has 0 unspecified atom stereocenters. The van der Waals surface area contributed by atoms with E-state index in [9.17, 15) is 13.2 Å². The van der Waals surface area contributed by atoms with Crippen molar-refractivity contribution in [3.63, 3.8) is 0 Å². The van der Waals surface area contributed by atoms with Gasteiger partial charge < -0.3 is 4.74 Å². The number of aromatic nitrogens is 2. The number of benzene rings is 1. The number of hydrogen-bond acceptors (Lipinski definition) is 3. The summed E-state index contributed by atoms with van der Waals surface area (Å²) >= 11 is 8.83. The van der Waals surface area contributed by atoms with Gasteiger partial charge in [-0.25, -0.2) is 4.98 Å². The average Bonchev–Trinajstić information content (AvgIpc) is 2.31. The minimum atomic E-state index is -4.68.